The number of hydrogen-bond acceptors (Lipinski definition) is 1. The van der Waals surface area contributed by atoms with Gasteiger partial charge in [0.1, 0.15) is 0 Å². The van der Waals surface area contributed by atoms with E-state index < -0.39 is 0 Å². The first-order chi connectivity index (χ1) is 9.17. The Morgan fingerprint density at radius 1 is 1.05 bits per heavy atom. The molecule has 0 bridgehead atoms. The molecule has 1 N–H and O–H groups in total. The summed E-state index contributed by atoms with van der Waals surface area (Å²) in [6, 6.07) is 0. The Bertz CT molecular complexity index is 431. The van der Waals surface area contributed by atoms with Crippen molar-refractivity contribution in [1.82, 2.24) is 0 Å². The topological polar surface area (TPSA) is 20.2 Å². The van der Waals surface area contributed by atoms with Crippen molar-refractivity contribution in [3.05, 3.63) is 11.6 Å². The molecule has 2 saturated carbocycles. The van der Waals surface area contributed by atoms with Crippen LogP contribution in [0.5, 0.6) is 0 Å². The minimum absolute atomic E-state index is 0.0714. The Morgan fingerprint density at radius 2 is 1.75 bits per heavy atom. The number of aliphatic hydroxyl groups excluding tert-OH is 1. The predicted molar refractivity (Wildman–Crippen MR) is 84.4 cm³/mol. The second-order valence-corrected chi connectivity index (χ2v) is 9.38. The number of allylic oxidation sites excluding steroid dienone is 2. The highest BCUT2D eigenvalue weighted by molar-refractivity contribution is 5.23. The summed E-state index contributed by atoms with van der Waals surface area (Å²) in [5, 5.41) is 10.4. The molecule has 1 heteroatoms. The van der Waals surface area contributed by atoms with Crippen LogP contribution in [-0.2, 0) is 0 Å². The Labute approximate surface area is 124 Å². The van der Waals surface area contributed by atoms with Crippen molar-refractivity contribution in [2.45, 2.75) is 79.2 Å². The number of fused-ring (bicyclic) bond motifs is 3. The third-order valence-electron chi connectivity index (χ3n) is 7.16. The van der Waals surface area contributed by atoms with Gasteiger partial charge in [-0.15, -0.1) is 0 Å². The summed E-state index contributed by atoms with van der Waals surface area (Å²) in [4.78, 5) is 0. The monoisotopic (exact) mass is 276 g/mol. The largest absolute Gasteiger partial charge is 0.393 e. The van der Waals surface area contributed by atoms with E-state index in [1.165, 1.54) is 32.1 Å². The third kappa shape index (κ3) is 2.00. The van der Waals surface area contributed by atoms with Gasteiger partial charge in [0.05, 0.1) is 6.10 Å². The molecule has 3 aliphatic rings. The van der Waals surface area contributed by atoms with Gasteiger partial charge in [0.15, 0.2) is 0 Å². The van der Waals surface area contributed by atoms with E-state index in [2.05, 4.69) is 40.7 Å². The predicted octanol–water partition coefficient (Wildman–Crippen LogP) is 4.95. The minimum Gasteiger partial charge on any atom is -0.393 e. The van der Waals surface area contributed by atoms with E-state index in [-0.39, 0.29) is 11.5 Å². The Balaban J connectivity index is 1.96. The van der Waals surface area contributed by atoms with Gasteiger partial charge in [-0.25, -0.2) is 0 Å². The van der Waals surface area contributed by atoms with Crippen molar-refractivity contribution < 1.29 is 5.11 Å². The zero-order valence-electron chi connectivity index (χ0n) is 14.0. The minimum atomic E-state index is -0.115. The van der Waals surface area contributed by atoms with E-state index in [0.717, 1.165) is 12.3 Å². The lowest BCUT2D eigenvalue weighted by Crippen LogP contribution is -2.55. The van der Waals surface area contributed by atoms with E-state index in [4.69, 9.17) is 0 Å². The van der Waals surface area contributed by atoms with Crippen molar-refractivity contribution in [3.63, 3.8) is 0 Å². The maximum absolute atomic E-state index is 10.4. The summed E-state index contributed by atoms with van der Waals surface area (Å²) >= 11 is 0. The van der Waals surface area contributed by atoms with Crippen molar-refractivity contribution >= 4 is 0 Å². The van der Waals surface area contributed by atoms with Gasteiger partial charge in [0, 0.05) is 0 Å². The fourth-order valence-electron chi connectivity index (χ4n) is 5.79. The molecule has 0 saturated heterocycles. The molecule has 0 aromatic heterocycles. The lowest BCUT2D eigenvalue weighted by atomic mass is 9.45. The molecule has 3 rings (SSSR count). The van der Waals surface area contributed by atoms with Crippen LogP contribution in [0.2, 0.25) is 0 Å². The second kappa shape index (κ2) is 4.35. The molecule has 0 spiro atoms. The molecule has 0 aliphatic heterocycles. The molecule has 0 aromatic rings. The van der Waals surface area contributed by atoms with Crippen molar-refractivity contribution in [2.24, 2.45) is 28.1 Å². The molecule has 2 fully saturated rings. The summed E-state index contributed by atoms with van der Waals surface area (Å²) in [6.45, 7) is 12.0. The van der Waals surface area contributed by atoms with Crippen LogP contribution in [0.4, 0.5) is 0 Å². The molecule has 0 aromatic carbocycles. The highest BCUT2D eigenvalue weighted by Crippen LogP contribution is 2.63. The molecule has 0 heterocycles. The zero-order chi connectivity index (χ0) is 14.8. The SMILES string of the molecule is CC1(C)CC[C@H]2C(=CC[C@H]3C(C)(C)[C@@H](O)CC[C@]23C)C1. The van der Waals surface area contributed by atoms with Crippen molar-refractivity contribution in [1.29, 1.82) is 0 Å². The first-order valence-corrected chi connectivity index (χ1v) is 8.54. The van der Waals surface area contributed by atoms with Crippen molar-refractivity contribution in [3.8, 4) is 0 Å². The number of rotatable bonds is 0. The van der Waals surface area contributed by atoms with Crippen LogP contribution in [0.25, 0.3) is 0 Å². The van der Waals surface area contributed by atoms with Crippen LogP contribution in [-0.4, -0.2) is 11.2 Å². The number of hydrogen-bond donors (Lipinski definition) is 1. The van der Waals surface area contributed by atoms with Gasteiger partial charge < -0.3 is 5.11 Å². The Hall–Kier alpha value is -0.300. The average molecular weight is 276 g/mol. The summed E-state index contributed by atoms with van der Waals surface area (Å²) in [5.41, 5.74) is 2.73. The van der Waals surface area contributed by atoms with E-state index in [1.807, 2.05) is 0 Å². The normalized spacial score (nSPS) is 46.1. The van der Waals surface area contributed by atoms with Gasteiger partial charge in [-0.3, -0.25) is 0 Å². The second-order valence-electron chi connectivity index (χ2n) is 9.38. The molecule has 1 nitrogen and oxygen atoms in total. The molecule has 3 aliphatic carbocycles. The van der Waals surface area contributed by atoms with Crippen LogP contribution in [0.1, 0.15) is 73.1 Å². The van der Waals surface area contributed by atoms with Gasteiger partial charge in [0.25, 0.3) is 0 Å². The van der Waals surface area contributed by atoms with E-state index in [1.54, 1.807) is 5.57 Å². The first-order valence-electron chi connectivity index (χ1n) is 8.54. The Morgan fingerprint density at radius 3 is 2.45 bits per heavy atom. The van der Waals surface area contributed by atoms with Crippen LogP contribution < -0.4 is 0 Å². The van der Waals surface area contributed by atoms with Gasteiger partial charge >= 0.3 is 0 Å². The molecule has 0 unspecified atom stereocenters. The van der Waals surface area contributed by atoms with Crippen LogP contribution in [0.15, 0.2) is 11.6 Å². The first kappa shape index (κ1) is 14.6. The molecule has 114 valence electrons. The van der Waals surface area contributed by atoms with Crippen molar-refractivity contribution in [2.75, 3.05) is 0 Å². The highest BCUT2D eigenvalue weighted by Gasteiger charge is 2.56. The quantitative estimate of drug-likeness (QED) is 0.621. The standard InChI is InChI=1S/C19H32O/c1-17(2)10-8-14-13(12-17)6-7-15-18(3,4)16(20)9-11-19(14,15)5/h6,14-16,20H,7-12H2,1-5H3/t14-,15-,16-,19+/m0/s1. The summed E-state index contributed by atoms with van der Waals surface area (Å²) in [6.07, 6.45) is 9.84. The molecule has 0 radical (unpaired) electrons. The lowest BCUT2D eigenvalue weighted by Gasteiger charge is -2.60. The average Bonchev–Trinajstić information content (AvgIpc) is 2.33. The lowest BCUT2D eigenvalue weighted by molar-refractivity contribution is -0.120. The van der Waals surface area contributed by atoms with E-state index in [0.29, 0.717) is 16.7 Å². The van der Waals surface area contributed by atoms with Gasteiger partial charge in [-0.05, 0) is 66.6 Å². The van der Waals surface area contributed by atoms with Gasteiger partial charge in [-0.1, -0.05) is 46.3 Å². The Kier molecular flexibility index (Phi) is 3.18. The van der Waals surface area contributed by atoms with E-state index in [9.17, 15) is 5.11 Å². The molecule has 4 atom stereocenters. The summed E-state index contributed by atoms with van der Waals surface area (Å²) < 4.78 is 0. The maximum atomic E-state index is 10.4. The fraction of sp³-hybridized carbons (Fsp3) is 0.895. The summed E-state index contributed by atoms with van der Waals surface area (Å²) in [7, 11) is 0. The highest BCUT2D eigenvalue weighted by atomic mass is 16.3. The third-order valence-corrected chi connectivity index (χ3v) is 7.16. The smallest absolute Gasteiger partial charge is 0.0594 e. The molecular formula is C19H32O. The van der Waals surface area contributed by atoms with Crippen LogP contribution in [0.3, 0.4) is 0 Å². The maximum Gasteiger partial charge on any atom is 0.0594 e. The molecule has 20 heavy (non-hydrogen) atoms. The van der Waals surface area contributed by atoms with Crippen LogP contribution >= 0.6 is 0 Å². The van der Waals surface area contributed by atoms with Gasteiger partial charge in [-0.2, -0.15) is 0 Å². The fourth-order valence-corrected chi connectivity index (χ4v) is 5.79. The number of aliphatic hydroxyl groups is 1. The molecule has 0 amide bonds. The van der Waals surface area contributed by atoms with E-state index >= 15 is 0 Å². The molecular weight excluding hydrogens is 244 g/mol. The zero-order valence-corrected chi connectivity index (χ0v) is 14.0. The van der Waals surface area contributed by atoms with Crippen LogP contribution in [0, 0.1) is 28.1 Å². The summed E-state index contributed by atoms with van der Waals surface area (Å²) in [5.74, 6) is 1.43. The van der Waals surface area contributed by atoms with Gasteiger partial charge in [0.2, 0.25) is 0 Å².